The lowest BCUT2D eigenvalue weighted by molar-refractivity contribution is 0.0635. The number of carbonyl (C=O) groups excluding carboxylic acids is 2. The highest BCUT2D eigenvalue weighted by Crippen LogP contribution is 2.19. The number of aromatic amines is 1. The SMILES string of the molecule is Cc1ccc2[nH]c(CNC(=O)N(C)[C@@H]3CCCN(C(=O)c4cnoc4)C3)cc2c1. The van der Waals surface area contributed by atoms with Gasteiger partial charge >= 0.3 is 6.03 Å². The lowest BCUT2D eigenvalue weighted by Crippen LogP contribution is -2.52. The van der Waals surface area contributed by atoms with Crippen molar-refractivity contribution in [2.24, 2.45) is 0 Å². The van der Waals surface area contributed by atoms with Crippen LogP contribution in [0.1, 0.15) is 34.5 Å². The van der Waals surface area contributed by atoms with Crippen LogP contribution >= 0.6 is 0 Å². The number of benzene rings is 1. The molecule has 152 valence electrons. The smallest absolute Gasteiger partial charge is 0.317 e. The van der Waals surface area contributed by atoms with Crippen LogP contribution in [-0.4, -0.2) is 58.1 Å². The molecule has 2 aromatic heterocycles. The summed E-state index contributed by atoms with van der Waals surface area (Å²) in [7, 11) is 1.78. The van der Waals surface area contributed by atoms with Crippen molar-refractivity contribution in [3.8, 4) is 0 Å². The molecule has 1 atom stereocenters. The number of carbonyl (C=O) groups is 2. The maximum Gasteiger partial charge on any atom is 0.317 e. The number of rotatable bonds is 4. The molecule has 0 bridgehead atoms. The molecule has 8 nitrogen and oxygen atoms in total. The highest BCUT2D eigenvalue weighted by molar-refractivity contribution is 5.93. The normalized spacial score (nSPS) is 16.8. The van der Waals surface area contributed by atoms with Crippen LogP contribution in [0.2, 0.25) is 0 Å². The molecule has 4 rings (SSSR count). The van der Waals surface area contributed by atoms with Crippen LogP contribution in [0.3, 0.4) is 0 Å². The first-order valence-corrected chi connectivity index (χ1v) is 9.79. The lowest BCUT2D eigenvalue weighted by atomic mass is 10.0. The number of hydrogen-bond donors (Lipinski definition) is 2. The molecule has 29 heavy (non-hydrogen) atoms. The van der Waals surface area contributed by atoms with Crippen LogP contribution in [0.15, 0.2) is 41.2 Å². The van der Waals surface area contributed by atoms with Gasteiger partial charge in [-0.3, -0.25) is 4.79 Å². The Hall–Kier alpha value is -3.29. The van der Waals surface area contributed by atoms with Crippen LogP contribution < -0.4 is 5.32 Å². The number of likely N-dealkylation sites (N-methyl/N-ethyl adjacent to an activating group) is 1. The summed E-state index contributed by atoms with van der Waals surface area (Å²) in [6, 6.07) is 8.10. The van der Waals surface area contributed by atoms with E-state index in [-0.39, 0.29) is 18.0 Å². The van der Waals surface area contributed by atoms with Crippen molar-refractivity contribution in [2.45, 2.75) is 32.4 Å². The minimum atomic E-state index is -0.149. The van der Waals surface area contributed by atoms with Crippen molar-refractivity contribution in [3.63, 3.8) is 0 Å². The Balaban J connectivity index is 1.34. The van der Waals surface area contributed by atoms with Crippen LogP contribution in [0, 0.1) is 6.92 Å². The van der Waals surface area contributed by atoms with Crippen molar-refractivity contribution in [1.29, 1.82) is 0 Å². The predicted molar refractivity (Wildman–Crippen MR) is 108 cm³/mol. The summed E-state index contributed by atoms with van der Waals surface area (Å²) in [5.74, 6) is -0.113. The zero-order valence-electron chi connectivity index (χ0n) is 16.6. The van der Waals surface area contributed by atoms with Gasteiger partial charge in [-0.1, -0.05) is 16.8 Å². The van der Waals surface area contributed by atoms with Crippen molar-refractivity contribution in [2.75, 3.05) is 20.1 Å². The number of piperidine rings is 1. The molecule has 1 aromatic carbocycles. The molecule has 1 aliphatic heterocycles. The average Bonchev–Trinajstić information content (AvgIpc) is 3.40. The summed E-state index contributed by atoms with van der Waals surface area (Å²) in [6.07, 6.45) is 4.48. The minimum Gasteiger partial charge on any atom is -0.364 e. The van der Waals surface area contributed by atoms with Gasteiger partial charge < -0.3 is 24.6 Å². The van der Waals surface area contributed by atoms with E-state index in [1.807, 2.05) is 6.07 Å². The standard InChI is InChI=1S/C21H25N5O3/c1-14-5-6-19-15(8-14)9-17(24-19)11-22-21(28)25(2)18-4-3-7-26(12-18)20(27)16-10-23-29-13-16/h5-6,8-10,13,18,24H,3-4,7,11-12H2,1-2H3,(H,22,28)/t18-/m1/s1. The minimum absolute atomic E-state index is 0.0297. The van der Waals surface area contributed by atoms with E-state index in [4.69, 9.17) is 4.52 Å². The number of fused-ring (bicyclic) bond motifs is 1. The van der Waals surface area contributed by atoms with Gasteiger partial charge in [-0.2, -0.15) is 0 Å². The van der Waals surface area contributed by atoms with Gasteiger partial charge in [-0.15, -0.1) is 0 Å². The van der Waals surface area contributed by atoms with Gasteiger partial charge in [0.15, 0.2) is 0 Å². The third-order valence-electron chi connectivity index (χ3n) is 5.49. The van der Waals surface area contributed by atoms with Gasteiger partial charge in [0.05, 0.1) is 24.3 Å². The number of nitrogens with zero attached hydrogens (tertiary/aromatic N) is 3. The van der Waals surface area contributed by atoms with Crippen molar-refractivity contribution < 1.29 is 14.1 Å². The molecule has 8 heteroatoms. The quantitative estimate of drug-likeness (QED) is 0.710. The molecule has 0 spiro atoms. The monoisotopic (exact) mass is 395 g/mol. The van der Waals surface area contributed by atoms with Gasteiger partial charge in [-0.25, -0.2) is 4.79 Å². The zero-order chi connectivity index (χ0) is 20.4. The fourth-order valence-corrected chi connectivity index (χ4v) is 3.82. The lowest BCUT2D eigenvalue weighted by Gasteiger charge is -2.37. The summed E-state index contributed by atoms with van der Waals surface area (Å²) in [5.41, 5.74) is 3.66. The molecular weight excluding hydrogens is 370 g/mol. The fourth-order valence-electron chi connectivity index (χ4n) is 3.82. The molecule has 3 heterocycles. The number of urea groups is 1. The third kappa shape index (κ3) is 4.11. The number of amides is 3. The Morgan fingerprint density at radius 1 is 1.38 bits per heavy atom. The Morgan fingerprint density at radius 2 is 2.24 bits per heavy atom. The number of aromatic nitrogens is 2. The molecule has 1 fully saturated rings. The highest BCUT2D eigenvalue weighted by atomic mass is 16.5. The third-order valence-corrected chi connectivity index (χ3v) is 5.49. The molecule has 3 amide bonds. The molecule has 0 aliphatic carbocycles. The first kappa shape index (κ1) is 19.0. The van der Waals surface area contributed by atoms with E-state index in [0.717, 1.165) is 29.4 Å². The molecule has 0 saturated carbocycles. The van der Waals surface area contributed by atoms with Crippen LogP contribution in [0.5, 0.6) is 0 Å². The first-order valence-electron chi connectivity index (χ1n) is 9.79. The zero-order valence-corrected chi connectivity index (χ0v) is 16.6. The van der Waals surface area contributed by atoms with E-state index in [0.29, 0.717) is 25.2 Å². The Labute approximate surface area is 168 Å². The van der Waals surface area contributed by atoms with Crippen molar-refractivity contribution in [1.82, 2.24) is 25.3 Å². The number of likely N-dealkylation sites (tertiary alicyclic amines) is 1. The highest BCUT2D eigenvalue weighted by Gasteiger charge is 2.29. The molecular formula is C21H25N5O3. The summed E-state index contributed by atoms with van der Waals surface area (Å²) < 4.78 is 4.77. The summed E-state index contributed by atoms with van der Waals surface area (Å²) in [6.45, 7) is 3.65. The van der Waals surface area contributed by atoms with Gasteiger partial charge in [0.2, 0.25) is 0 Å². The van der Waals surface area contributed by atoms with E-state index in [9.17, 15) is 9.59 Å². The first-order chi connectivity index (χ1) is 14.0. The van der Waals surface area contributed by atoms with Gasteiger partial charge in [0.25, 0.3) is 5.91 Å². The molecule has 3 aromatic rings. The average molecular weight is 395 g/mol. The second-order valence-electron chi connectivity index (χ2n) is 7.62. The molecule has 0 unspecified atom stereocenters. The largest absolute Gasteiger partial charge is 0.364 e. The van der Waals surface area contributed by atoms with Crippen LogP contribution in [0.4, 0.5) is 4.79 Å². The molecule has 2 N–H and O–H groups in total. The fraction of sp³-hybridized carbons (Fsp3) is 0.381. The summed E-state index contributed by atoms with van der Waals surface area (Å²) in [4.78, 5) is 32.0. The molecule has 1 aliphatic rings. The van der Waals surface area contributed by atoms with E-state index in [2.05, 4.69) is 40.6 Å². The number of aryl methyl sites for hydroxylation is 1. The van der Waals surface area contributed by atoms with Crippen molar-refractivity contribution >= 4 is 22.8 Å². The molecule has 1 saturated heterocycles. The summed E-state index contributed by atoms with van der Waals surface area (Å²) >= 11 is 0. The Bertz CT molecular complexity index is 1010. The van der Waals surface area contributed by atoms with Gasteiger partial charge in [0, 0.05) is 31.3 Å². The number of H-pyrrole nitrogens is 1. The Kier molecular flexibility index (Phi) is 5.24. The van der Waals surface area contributed by atoms with Crippen LogP contribution in [-0.2, 0) is 6.54 Å². The Morgan fingerprint density at radius 3 is 3.03 bits per heavy atom. The predicted octanol–water partition coefficient (Wildman–Crippen LogP) is 2.91. The van der Waals surface area contributed by atoms with E-state index in [1.54, 1.807) is 16.8 Å². The second kappa shape index (κ2) is 7.98. The topological polar surface area (TPSA) is 94.5 Å². The van der Waals surface area contributed by atoms with E-state index in [1.165, 1.54) is 18.0 Å². The summed E-state index contributed by atoms with van der Waals surface area (Å²) in [5, 5.41) is 7.70. The van der Waals surface area contributed by atoms with Crippen molar-refractivity contribution in [3.05, 3.63) is 53.5 Å². The van der Waals surface area contributed by atoms with E-state index < -0.39 is 0 Å². The van der Waals surface area contributed by atoms with Gasteiger partial charge in [-0.05, 0) is 43.4 Å². The number of hydrogen-bond acceptors (Lipinski definition) is 4. The maximum atomic E-state index is 12.7. The van der Waals surface area contributed by atoms with E-state index >= 15 is 0 Å². The second-order valence-corrected chi connectivity index (χ2v) is 7.62. The molecule has 0 radical (unpaired) electrons. The van der Waals surface area contributed by atoms with Gasteiger partial charge in [0.1, 0.15) is 6.26 Å². The van der Waals surface area contributed by atoms with Crippen LogP contribution in [0.25, 0.3) is 10.9 Å². The number of nitrogens with one attached hydrogen (secondary N) is 2. The maximum absolute atomic E-state index is 12.7.